The third-order valence-electron chi connectivity index (χ3n) is 6.11. The van der Waals surface area contributed by atoms with Crippen molar-refractivity contribution in [3.8, 4) is 11.1 Å². The van der Waals surface area contributed by atoms with Crippen LogP contribution in [0.5, 0.6) is 0 Å². The Morgan fingerprint density at radius 2 is 1.53 bits per heavy atom. The number of aromatic nitrogens is 1. The van der Waals surface area contributed by atoms with Gasteiger partial charge in [0.1, 0.15) is 0 Å². The van der Waals surface area contributed by atoms with Crippen molar-refractivity contribution in [1.29, 1.82) is 0 Å². The SMILES string of the molecule is FC(F)(F)c1cccc2c(-c3cccc(NCc4ccccc4Cl)c3)c(Cc3ccccc3)cnc12. The highest BCUT2D eigenvalue weighted by molar-refractivity contribution is 6.31. The molecular weight excluding hydrogens is 481 g/mol. The van der Waals surface area contributed by atoms with Crippen molar-refractivity contribution in [3.63, 3.8) is 0 Å². The van der Waals surface area contributed by atoms with E-state index >= 15 is 0 Å². The number of hydrogen-bond donors (Lipinski definition) is 1. The number of anilines is 1. The molecule has 0 aliphatic heterocycles. The summed E-state index contributed by atoms with van der Waals surface area (Å²) in [6, 6.07) is 29.4. The molecule has 0 aliphatic rings. The lowest BCUT2D eigenvalue weighted by molar-refractivity contribution is -0.136. The molecule has 0 atom stereocenters. The Morgan fingerprint density at radius 3 is 2.31 bits per heavy atom. The van der Waals surface area contributed by atoms with Crippen molar-refractivity contribution in [2.24, 2.45) is 0 Å². The third-order valence-corrected chi connectivity index (χ3v) is 6.48. The molecule has 1 N–H and O–H groups in total. The third kappa shape index (κ3) is 5.07. The van der Waals surface area contributed by atoms with Crippen LogP contribution in [0.1, 0.15) is 22.3 Å². The van der Waals surface area contributed by atoms with Gasteiger partial charge in [0, 0.05) is 28.8 Å². The van der Waals surface area contributed by atoms with Crippen LogP contribution < -0.4 is 5.32 Å². The number of rotatable bonds is 6. The normalized spacial score (nSPS) is 11.6. The van der Waals surface area contributed by atoms with E-state index in [0.717, 1.165) is 39.6 Å². The standard InChI is InChI=1S/C30H22ClF3N2/c31-27-15-5-4-10-22(27)18-35-24-12-6-11-21(17-24)28-23(16-20-8-2-1-3-9-20)19-36-29-25(28)13-7-14-26(29)30(32,33)34/h1-15,17,19,35H,16,18H2. The Kier molecular flexibility index (Phi) is 6.66. The van der Waals surface area contributed by atoms with E-state index in [0.29, 0.717) is 23.4 Å². The van der Waals surface area contributed by atoms with E-state index in [9.17, 15) is 13.2 Å². The zero-order valence-corrected chi connectivity index (χ0v) is 19.9. The monoisotopic (exact) mass is 502 g/mol. The zero-order valence-electron chi connectivity index (χ0n) is 19.2. The number of fused-ring (bicyclic) bond motifs is 1. The number of halogens is 4. The summed E-state index contributed by atoms with van der Waals surface area (Å²) in [5.74, 6) is 0. The van der Waals surface area contributed by atoms with Gasteiger partial charge in [0.2, 0.25) is 0 Å². The van der Waals surface area contributed by atoms with Gasteiger partial charge in [-0.1, -0.05) is 84.4 Å². The van der Waals surface area contributed by atoms with Gasteiger partial charge in [0.15, 0.2) is 0 Å². The van der Waals surface area contributed by atoms with Gasteiger partial charge in [-0.25, -0.2) is 0 Å². The lowest BCUT2D eigenvalue weighted by atomic mass is 9.91. The molecule has 0 aliphatic carbocycles. The van der Waals surface area contributed by atoms with Crippen molar-refractivity contribution < 1.29 is 13.2 Å². The Bertz CT molecular complexity index is 1510. The van der Waals surface area contributed by atoms with Crippen LogP contribution in [-0.2, 0) is 19.1 Å². The van der Waals surface area contributed by atoms with Gasteiger partial charge in [-0.05, 0) is 58.5 Å². The first-order valence-corrected chi connectivity index (χ1v) is 11.9. The fourth-order valence-corrected chi connectivity index (χ4v) is 4.61. The van der Waals surface area contributed by atoms with Gasteiger partial charge in [-0.15, -0.1) is 0 Å². The van der Waals surface area contributed by atoms with Crippen LogP contribution in [0.4, 0.5) is 18.9 Å². The molecule has 36 heavy (non-hydrogen) atoms. The van der Waals surface area contributed by atoms with E-state index < -0.39 is 11.7 Å². The molecule has 0 bridgehead atoms. The second-order valence-electron chi connectivity index (χ2n) is 8.55. The summed E-state index contributed by atoms with van der Waals surface area (Å²) in [7, 11) is 0. The molecule has 2 nitrogen and oxygen atoms in total. The second-order valence-corrected chi connectivity index (χ2v) is 8.95. The quantitative estimate of drug-likeness (QED) is 0.251. The lowest BCUT2D eigenvalue weighted by Crippen LogP contribution is -2.07. The van der Waals surface area contributed by atoms with Crippen LogP contribution in [0.2, 0.25) is 5.02 Å². The summed E-state index contributed by atoms with van der Waals surface area (Å²) >= 11 is 6.29. The molecule has 0 fully saturated rings. The van der Waals surface area contributed by atoms with Crippen molar-refractivity contribution >= 4 is 28.2 Å². The van der Waals surface area contributed by atoms with Crippen LogP contribution >= 0.6 is 11.6 Å². The summed E-state index contributed by atoms with van der Waals surface area (Å²) in [6.07, 6.45) is -2.38. The summed E-state index contributed by atoms with van der Waals surface area (Å²) in [4.78, 5) is 4.29. The van der Waals surface area contributed by atoms with Gasteiger partial charge in [-0.3, -0.25) is 4.98 Å². The topological polar surface area (TPSA) is 24.9 Å². The van der Waals surface area contributed by atoms with E-state index in [2.05, 4.69) is 10.3 Å². The highest BCUT2D eigenvalue weighted by Gasteiger charge is 2.33. The van der Waals surface area contributed by atoms with Gasteiger partial charge >= 0.3 is 6.18 Å². The Hall–Kier alpha value is -3.83. The molecule has 180 valence electrons. The minimum absolute atomic E-state index is 0.0498. The van der Waals surface area contributed by atoms with Crippen LogP contribution in [-0.4, -0.2) is 4.98 Å². The number of para-hydroxylation sites is 1. The number of nitrogens with one attached hydrogen (secondary N) is 1. The predicted molar refractivity (Wildman–Crippen MR) is 140 cm³/mol. The molecule has 0 saturated carbocycles. The minimum Gasteiger partial charge on any atom is -0.381 e. The van der Waals surface area contributed by atoms with E-state index in [1.54, 1.807) is 12.3 Å². The predicted octanol–water partition coefficient (Wildman–Crippen LogP) is 8.78. The smallest absolute Gasteiger partial charge is 0.381 e. The van der Waals surface area contributed by atoms with E-state index in [-0.39, 0.29) is 5.52 Å². The van der Waals surface area contributed by atoms with E-state index in [1.165, 1.54) is 6.07 Å². The lowest BCUT2D eigenvalue weighted by Gasteiger charge is -2.17. The molecule has 4 aromatic carbocycles. The minimum atomic E-state index is -4.50. The van der Waals surface area contributed by atoms with Crippen LogP contribution in [0, 0.1) is 0 Å². The van der Waals surface area contributed by atoms with Crippen LogP contribution in [0.3, 0.4) is 0 Å². The summed E-state index contributed by atoms with van der Waals surface area (Å²) in [5.41, 5.74) is 4.49. The molecule has 6 heteroatoms. The Morgan fingerprint density at radius 1 is 0.778 bits per heavy atom. The number of hydrogen-bond acceptors (Lipinski definition) is 2. The van der Waals surface area contributed by atoms with Crippen molar-refractivity contribution in [2.45, 2.75) is 19.1 Å². The average Bonchev–Trinajstić information content (AvgIpc) is 2.88. The maximum atomic E-state index is 13.8. The number of nitrogens with zero attached hydrogens (tertiary/aromatic N) is 1. The molecule has 5 rings (SSSR count). The molecule has 0 radical (unpaired) electrons. The van der Waals surface area contributed by atoms with Gasteiger partial charge in [0.05, 0.1) is 11.1 Å². The molecule has 1 heterocycles. The Balaban J connectivity index is 1.61. The van der Waals surface area contributed by atoms with Gasteiger partial charge < -0.3 is 5.32 Å². The Labute approximate surface area is 212 Å². The molecule has 5 aromatic rings. The van der Waals surface area contributed by atoms with E-state index in [4.69, 9.17) is 11.6 Å². The van der Waals surface area contributed by atoms with Gasteiger partial charge in [-0.2, -0.15) is 13.2 Å². The fourth-order valence-electron chi connectivity index (χ4n) is 4.41. The van der Waals surface area contributed by atoms with Crippen LogP contribution in [0.15, 0.2) is 103 Å². The van der Waals surface area contributed by atoms with E-state index in [1.807, 2.05) is 78.9 Å². The van der Waals surface area contributed by atoms with Crippen LogP contribution in [0.25, 0.3) is 22.0 Å². The molecule has 0 saturated heterocycles. The molecular formula is C30H22ClF3N2. The summed E-state index contributed by atoms with van der Waals surface area (Å²) in [5, 5.41) is 4.53. The molecule has 1 aromatic heterocycles. The van der Waals surface area contributed by atoms with Gasteiger partial charge in [0.25, 0.3) is 0 Å². The maximum absolute atomic E-state index is 13.8. The number of alkyl halides is 3. The molecule has 0 spiro atoms. The number of benzene rings is 4. The largest absolute Gasteiger partial charge is 0.418 e. The first-order valence-electron chi connectivity index (χ1n) is 11.5. The zero-order chi connectivity index (χ0) is 25.1. The fraction of sp³-hybridized carbons (Fsp3) is 0.100. The number of pyridine rings is 1. The first kappa shape index (κ1) is 23.9. The molecule has 0 amide bonds. The first-order chi connectivity index (χ1) is 17.4. The van der Waals surface area contributed by atoms with Crippen molar-refractivity contribution in [1.82, 2.24) is 4.98 Å². The molecule has 0 unspecified atom stereocenters. The van der Waals surface area contributed by atoms with Crippen molar-refractivity contribution in [3.05, 3.63) is 131 Å². The maximum Gasteiger partial charge on any atom is 0.418 e. The summed E-state index contributed by atoms with van der Waals surface area (Å²) < 4.78 is 41.4. The highest BCUT2D eigenvalue weighted by atomic mass is 35.5. The second kappa shape index (κ2) is 10.0. The van der Waals surface area contributed by atoms with Crippen molar-refractivity contribution in [2.75, 3.05) is 5.32 Å². The highest BCUT2D eigenvalue weighted by Crippen LogP contribution is 2.39. The summed E-state index contributed by atoms with van der Waals surface area (Å²) in [6.45, 7) is 0.523. The average molecular weight is 503 g/mol.